The molecule has 7 nitrogen and oxygen atoms in total. The minimum absolute atomic E-state index is 0.0259. The first-order valence-electron chi connectivity index (χ1n) is 11.9. The molecule has 0 spiro atoms. The molecule has 3 heterocycles. The van der Waals surface area contributed by atoms with E-state index in [1.165, 1.54) is 0 Å². The van der Waals surface area contributed by atoms with Gasteiger partial charge in [0.25, 0.3) is 5.91 Å². The van der Waals surface area contributed by atoms with Crippen LogP contribution in [0.2, 0.25) is 0 Å². The van der Waals surface area contributed by atoms with Gasteiger partial charge in [0.1, 0.15) is 4.32 Å². The van der Waals surface area contributed by atoms with E-state index in [-0.39, 0.29) is 11.9 Å². The number of carbonyl (C=O) groups is 1. The smallest absolute Gasteiger partial charge is 0.256 e. The zero-order chi connectivity index (χ0) is 23.4. The first-order valence-corrected chi connectivity index (χ1v) is 12.7. The molecule has 0 aromatic heterocycles. The number of rotatable bonds is 8. The molecule has 4 rings (SSSR count). The van der Waals surface area contributed by atoms with E-state index >= 15 is 0 Å². The minimum Gasteiger partial charge on any atom is -0.493 e. The lowest BCUT2D eigenvalue weighted by atomic mass is 10.0. The number of methoxy groups -OCH3 is 1. The zero-order valence-corrected chi connectivity index (χ0v) is 21.2. The van der Waals surface area contributed by atoms with Gasteiger partial charge in [-0.1, -0.05) is 18.6 Å². The molecule has 0 aliphatic carbocycles. The van der Waals surface area contributed by atoms with Crippen molar-refractivity contribution in [2.24, 2.45) is 4.99 Å². The minimum atomic E-state index is 0.0259. The van der Waals surface area contributed by atoms with Crippen LogP contribution < -0.4 is 9.47 Å². The van der Waals surface area contributed by atoms with Crippen LogP contribution in [0.3, 0.4) is 0 Å². The Morgan fingerprint density at radius 1 is 1.21 bits per heavy atom. The molecule has 33 heavy (non-hydrogen) atoms. The highest BCUT2D eigenvalue weighted by molar-refractivity contribution is 8.10. The van der Waals surface area contributed by atoms with E-state index in [0.29, 0.717) is 39.7 Å². The molecule has 1 unspecified atom stereocenters. The van der Waals surface area contributed by atoms with Gasteiger partial charge in [0, 0.05) is 44.5 Å². The van der Waals surface area contributed by atoms with Crippen molar-refractivity contribution < 1.29 is 14.3 Å². The van der Waals surface area contributed by atoms with Crippen LogP contribution in [0, 0.1) is 0 Å². The lowest BCUT2D eigenvalue weighted by Crippen LogP contribution is -2.52. The molecule has 3 aliphatic heterocycles. The molecule has 9 heteroatoms. The first-order chi connectivity index (χ1) is 16.0. The number of fused-ring (bicyclic) bond motifs is 2. The molecule has 0 saturated carbocycles. The molecule has 0 radical (unpaired) electrons. The third kappa shape index (κ3) is 5.63. The van der Waals surface area contributed by atoms with Gasteiger partial charge in [0.15, 0.2) is 11.5 Å². The van der Waals surface area contributed by atoms with Crippen LogP contribution in [0.25, 0.3) is 0 Å². The standard InChI is InChI=1S/C24H34N4O3S2/c1-26-10-11-28(24(32)33)18(16-26)7-4-3-5-12-31-22-14-20-19(13-21(22)30-2)23(29)27-9-6-8-17(27)15-25-20/h13-15,17-18H,3-12,16H2,1-2H3,(H,32,33)/t17-,18?/m0/s1. The Bertz CT molecular complexity index is 910. The summed E-state index contributed by atoms with van der Waals surface area (Å²) in [5.41, 5.74) is 1.25. The predicted molar refractivity (Wildman–Crippen MR) is 139 cm³/mol. The molecule has 2 saturated heterocycles. The monoisotopic (exact) mass is 490 g/mol. The number of nitrogens with zero attached hydrogens (tertiary/aromatic N) is 4. The van der Waals surface area contributed by atoms with Crippen LogP contribution in [0.4, 0.5) is 5.69 Å². The Morgan fingerprint density at radius 3 is 2.85 bits per heavy atom. The number of unbranched alkanes of at least 4 members (excludes halogenated alkanes) is 2. The average Bonchev–Trinajstić information content (AvgIpc) is 3.23. The SMILES string of the molecule is COc1cc2c(cc1OCCCCCC1CN(C)CCN1C(=S)S)N=C[C@@H]1CCCN1C2=O. The van der Waals surface area contributed by atoms with E-state index in [9.17, 15) is 4.79 Å². The highest BCUT2D eigenvalue weighted by Gasteiger charge is 2.32. The Kier molecular flexibility index (Phi) is 8.14. The van der Waals surface area contributed by atoms with E-state index in [2.05, 4.69) is 34.5 Å². The summed E-state index contributed by atoms with van der Waals surface area (Å²) in [6.45, 7) is 4.39. The molecule has 2 fully saturated rings. The summed E-state index contributed by atoms with van der Waals surface area (Å²) in [5.74, 6) is 1.25. The first kappa shape index (κ1) is 24.3. The molecule has 180 valence electrons. The fourth-order valence-corrected chi connectivity index (χ4v) is 5.47. The second-order valence-corrected chi connectivity index (χ2v) is 10.2. The maximum absolute atomic E-state index is 13.0. The summed E-state index contributed by atoms with van der Waals surface area (Å²) in [6, 6.07) is 4.15. The summed E-state index contributed by atoms with van der Waals surface area (Å²) in [5, 5.41) is 0. The molecule has 0 bridgehead atoms. The van der Waals surface area contributed by atoms with Gasteiger partial charge in [0.2, 0.25) is 0 Å². The molecule has 2 atom stereocenters. The van der Waals surface area contributed by atoms with Crippen LogP contribution in [0.1, 0.15) is 48.9 Å². The van der Waals surface area contributed by atoms with E-state index in [1.54, 1.807) is 13.2 Å². The molecule has 1 aromatic carbocycles. The zero-order valence-electron chi connectivity index (χ0n) is 19.5. The quantitative estimate of drug-likeness (QED) is 0.340. The third-order valence-electron chi connectivity index (χ3n) is 6.83. The van der Waals surface area contributed by atoms with Gasteiger partial charge in [0.05, 0.1) is 31.0 Å². The number of likely N-dealkylation sites (N-methyl/N-ethyl adjacent to an activating group) is 1. The Balaban J connectivity index is 1.30. The van der Waals surface area contributed by atoms with Crippen LogP contribution in [-0.4, -0.2) is 90.2 Å². The van der Waals surface area contributed by atoms with Crippen molar-refractivity contribution >= 4 is 47.0 Å². The molecule has 3 aliphatic rings. The molecule has 1 amide bonds. The number of hydrogen-bond acceptors (Lipinski definition) is 6. The number of benzene rings is 1. The van der Waals surface area contributed by atoms with Gasteiger partial charge in [-0.3, -0.25) is 9.79 Å². The van der Waals surface area contributed by atoms with Crippen molar-refractivity contribution in [3.8, 4) is 11.5 Å². The summed E-state index contributed by atoms with van der Waals surface area (Å²) in [6.07, 6.45) is 8.13. The van der Waals surface area contributed by atoms with Crippen molar-refractivity contribution in [3.63, 3.8) is 0 Å². The van der Waals surface area contributed by atoms with Crippen LogP contribution in [0.5, 0.6) is 11.5 Å². The van der Waals surface area contributed by atoms with E-state index in [4.69, 9.17) is 21.7 Å². The summed E-state index contributed by atoms with van der Waals surface area (Å²) >= 11 is 9.72. The third-order valence-corrected chi connectivity index (χ3v) is 7.32. The lowest BCUT2D eigenvalue weighted by Gasteiger charge is -2.40. The number of hydrogen-bond donors (Lipinski definition) is 1. The van der Waals surface area contributed by atoms with Crippen LogP contribution in [-0.2, 0) is 0 Å². The lowest BCUT2D eigenvalue weighted by molar-refractivity contribution is 0.0774. The maximum atomic E-state index is 13.0. The van der Waals surface area contributed by atoms with E-state index < -0.39 is 0 Å². The van der Waals surface area contributed by atoms with Crippen LogP contribution >= 0.6 is 24.8 Å². The van der Waals surface area contributed by atoms with Crippen molar-refractivity contribution in [2.45, 2.75) is 50.6 Å². The summed E-state index contributed by atoms with van der Waals surface area (Å²) < 4.78 is 12.3. The fourth-order valence-electron chi connectivity index (χ4n) is 4.97. The van der Waals surface area contributed by atoms with Crippen molar-refractivity contribution in [3.05, 3.63) is 17.7 Å². The van der Waals surface area contributed by atoms with Gasteiger partial charge in [-0.05, 0) is 45.2 Å². The van der Waals surface area contributed by atoms with Gasteiger partial charge in [-0.25, -0.2) is 0 Å². The second kappa shape index (κ2) is 11.1. The maximum Gasteiger partial charge on any atom is 0.256 e. The van der Waals surface area contributed by atoms with E-state index in [1.807, 2.05) is 17.2 Å². The number of carbonyl (C=O) groups excluding carboxylic acids is 1. The highest BCUT2D eigenvalue weighted by atomic mass is 32.1. The van der Waals surface area contributed by atoms with E-state index in [0.717, 1.165) is 64.7 Å². The highest BCUT2D eigenvalue weighted by Crippen LogP contribution is 2.38. The van der Waals surface area contributed by atoms with Gasteiger partial charge >= 0.3 is 0 Å². The second-order valence-electron chi connectivity index (χ2n) is 9.10. The largest absolute Gasteiger partial charge is 0.493 e. The Labute approximate surface area is 207 Å². The summed E-state index contributed by atoms with van der Waals surface area (Å²) in [4.78, 5) is 24.1. The Morgan fingerprint density at radius 2 is 2.06 bits per heavy atom. The number of thiol groups is 1. The number of amides is 1. The summed E-state index contributed by atoms with van der Waals surface area (Å²) in [7, 11) is 3.77. The van der Waals surface area contributed by atoms with Gasteiger partial charge in [-0.15, -0.1) is 12.6 Å². The van der Waals surface area contributed by atoms with Crippen molar-refractivity contribution in [2.75, 3.05) is 46.9 Å². The van der Waals surface area contributed by atoms with Crippen LogP contribution in [0.15, 0.2) is 17.1 Å². The number of thiocarbonyl (C=S) groups is 1. The normalized spacial score (nSPS) is 22.7. The molecular formula is C24H34N4O3S2. The fraction of sp³-hybridized carbons (Fsp3) is 0.625. The van der Waals surface area contributed by atoms with Gasteiger partial charge < -0.3 is 24.2 Å². The number of piperazine rings is 1. The number of aliphatic imine (C=N–C) groups is 1. The topological polar surface area (TPSA) is 57.6 Å². The number of ether oxygens (including phenoxy) is 2. The molecular weight excluding hydrogens is 456 g/mol. The van der Waals surface area contributed by atoms with Crippen molar-refractivity contribution in [1.29, 1.82) is 0 Å². The Hall–Kier alpha value is -1.84. The predicted octanol–water partition coefficient (Wildman–Crippen LogP) is 3.79. The molecule has 1 aromatic rings. The van der Waals surface area contributed by atoms with Gasteiger partial charge in [-0.2, -0.15) is 0 Å². The molecule has 0 N–H and O–H groups in total. The average molecular weight is 491 g/mol. The van der Waals surface area contributed by atoms with Crippen molar-refractivity contribution in [1.82, 2.24) is 14.7 Å².